The fourth-order valence-corrected chi connectivity index (χ4v) is 1.29. The second-order valence-electron chi connectivity index (χ2n) is 2.37. The van der Waals surface area contributed by atoms with Crippen LogP contribution in [0.5, 0.6) is 0 Å². The maximum atomic E-state index is 10.0. The molecule has 0 aromatic rings. The molecule has 0 aromatic heterocycles. The molecule has 9 heteroatoms. The highest BCUT2D eigenvalue weighted by Crippen LogP contribution is 1.98. The average molecular weight is 248 g/mol. The van der Waals surface area contributed by atoms with Crippen molar-refractivity contribution in [1.29, 1.82) is 0 Å². The van der Waals surface area contributed by atoms with Crippen LogP contribution in [-0.4, -0.2) is 34.6 Å². The van der Waals surface area contributed by atoms with Crippen LogP contribution < -0.4 is 0 Å². The molecule has 0 fully saturated rings. The fourth-order valence-electron chi connectivity index (χ4n) is 0.684. The van der Waals surface area contributed by atoms with Crippen LogP contribution in [0.1, 0.15) is 19.3 Å². The molecule has 0 atom stereocenters. The Morgan fingerprint density at radius 2 is 1.64 bits per heavy atom. The van der Waals surface area contributed by atoms with Crippen LogP contribution in [0.3, 0.4) is 0 Å². The van der Waals surface area contributed by atoms with Gasteiger partial charge in [-0.3, -0.25) is 8.74 Å². The van der Waals surface area contributed by atoms with E-state index in [4.69, 9.17) is 4.55 Å². The monoisotopic (exact) mass is 248 g/mol. The average Bonchev–Trinajstić information content (AvgIpc) is 2.00. The van der Waals surface area contributed by atoms with E-state index in [1.54, 1.807) is 0 Å². The van der Waals surface area contributed by atoms with Gasteiger partial charge in [0.05, 0.1) is 13.2 Å². The molecule has 0 heterocycles. The SMILES string of the molecule is O=[SH](=O)OCCCCCOS(=O)(=O)O. The first-order valence-corrected chi connectivity index (χ1v) is 6.27. The predicted molar refractivity (Wildman–Crippen MR) is 47.6 cm³/mol. The zero-order chi connectivity index (χ0) is 11.0. The first-order chi connectivity index (χ1) is 6.42. The van der Waals surface area contributed by atoms with Gasteiger partial charge in [-0.05, 0) is 19.3 Å². The van der Waals surface area contributed by atoms with Gasteiger partial charge in [0.1, 0.15) is 0 Å². The lowest BCUT2D eigenvalue weighted by molar-refractivity contribution is 0.256. The van der Waals surface area contributed by atoms with Crippen molar-refractivity contribution in [2.45, 2.75) is 19.3 Å². The third kappa shape index (κ3) is 11.8. The zero-order valence-electron chi connectivity index (χ0n) is 7.29. The molecule has 0 aliphatic carbocycles. The zero-order valence-corrected chi connectivity index (χ0v) is 9.00. The summed E-state index contributed by atoms with van der Waals surface area (Å²) >= 11 is 0. The minimum Gasteiger partial charge on any atom is -0.272 e. The highest BCUT2D eigenvalue weighted by Gasteiger charge is 2.02. The highest BCUT2D eigenvalue weighted by molar-refractivity contribution is 7.80. The van der Waals surface area contributed by atoms with Crippen molar-refractivity contribution in [3.05, 3.63) is 0 Å². The standard InChI is InChI=1S/C5H12O7S2/c6-13(7)11-4-2-1-3-5-12-14(8,9)10/h13H,1-5H2,(H,8,9,10). The summed E-state index contributed by atoms with van der Waals surface area (Å²) in [4.78, 5) is 0. The Morgan fingerprint density at radius 1 is 1.07 bits per heavy atom. The van der Waals surface area contributed by atoms with E-state index < -0.39 is 21.4 Å². The van der Waals surface area contributed by atoms with Crippen LogP contribution in [0.15, 0.2) is 0 Å². The van der Waals surface area contributed by atoms with Gasteiger partial charge in [-0.1, -0.05) is 0 Å². The van der Waals surface area contributed by atoms with E-state index in [2.05, 4.69) is 8.37 Å². The molecular formula is C5H12O7S2. The van der Waals surface area contributed by atoms with E-state index in [0.717, 1.165) is 0 Å². The van der Waals surface area contributed by atoms with Gasteiger partial charge in [0.15, 0.2) is 0 Å². The number of thiol groups is 1. The molecule has 0 saturated carbocycles. The van der Waals surface area contributed by atoms with Gasteiger partial charge >= 0.3 is 10.4 Å². The van der Waals surface area contributed by atoms with Crippen molar-refractivity contribution in [2.75, 3.05) is 13.2 Å². The lowest BCUT2D eigenvalue weighted by Gasteiger charge is -1.99. The molecular weight excluding hydrogens is 236 g/mol. The van der Waals surface area contributed by atoms with Crippen LogP contribution in [0.25, 0.3) is 0 Å². The van der Waals surface area contributed by atoms with E-state index in [0.29, 0.717) is 19.3 Å². The first kappa shape index (κ1) is 13.8. The first-order valence-electron chi connectivity index (χ1n) is 3.81. The molecule has 0 aromatic carbocycles. The smallest absolute Gasteiger partial charge is 0.272 e. The second-order valence-corrected chi connectivity index (χ2v) is 4.16. The molecule has 0 aliphatic rings. The van der Waals surface area contributed by atoms with Gasteiger partial charge in [-0.25, -0.2) is 12.6 Å². The molecule has 14 heavy (non-hydrogen) atoms. The Labute approximate surface area is 84.1 Å². The molecule has 1 N–H and O–H groups in total. The largest absolute Gasteiger partial charge is 0.397 e. The van der Waals surface area contributed by atoms with Crippen molar-refractivity contribution in [3.63, 3.8) is 0 Å². The summed E-state index contributed by atoms with van der Waals surface area (Å²) in [5.74, 6) is 0. The number of rotatable bonds is 8. The van der Waals surface area contributed by atoms with E-state index >= 15 is 0 Å². The molecule has 0 aliphatic heterocycles. The van der Waals surface area contributed by atoms with Crippen molar-refractivity contribution in [2.24, 2.45) is 0 Å². The lowest BCUT2D eigenvalue weighted by atomic mass is 10.2. The molecule has 0 saturated heterocycles. The van der Waals surface area contributed by atoms with Crippen molar-refractivity contribution in [3.8, 4) is 0 Å². The second kappa shape index (κ2) is 7.12. The fraction of sp³-hybridized carbons (Fsp3) is 1.00. The minimum atomic E-state index is -4.36. The predicted octanol–water partition coefficient (Wildman–Crippen LogP) is -0.481. The number of unbranched alkanes of at least 4 members (excludes halogenated alkanes) is 2. The van der Waals surface area contributed by atoms with Crippen LogP contribution in [0.4, 0.5) is 0 Å². The van der Waals surface area contributed by atoms with Gasteiger partial charge in [0.2, 0.25) is 0 Å². The number of hydrogen-bond donors (Lipinski definition) is 2. The van der Waals surface area contributed by atoms with Gasteiger partial charge < -0.3 is 0 Å². The quantitative estimate of drug-likeness (QED) is 0.339. The lowest BCUT2D eigenvalue weighted by Crippen LogP contribution is -2.05. The molecule has 0 amide bonds. The Balaban J connectivity index is 3.23. The van der Waals surface area contributed by atoms with E-state index in [1.807, 2.05) is 0 Å². The van der Waals surface area contributed by atoms with Crippen LogP contribution in [0.2, 0.25) is 0 Å². The van der Waals surface area contributed by atoms with Crippen LogP contribution >= 0.6 is 0 Å². The molecule has 0 rings (SSSR count). The highest BCUT2D eigenvalue weighted by atomic mass is 32.3. The Bertz CT molecular complexity index is 296. The molecule has 0 bridgehead atoms. The van der Waals surface area contributed by atoms with Gasteiger partial charge in [0.25, 0.3) is 11.0 Å². The van der Waals surface area contributed by atoms with E-state index in [1.165, 1.54) is 0 Å². The van der Waals surface area contributed by atoms with Crippen molar-refractivity contribution in [1.82, 2.24) is 0 Å². The molecule has 0 spiro atoms. The summed E-state index contributed by atoms with van der Waals surface area (Å²) in [7, 11) is -7.17. The topological polar surface area (TPSA) is 107 Å². The van der Waals surface area contributed by atoms with E-state index in [-0.39, 0.29) is 13.2 Å². The maximum absolute atomic E-state index is 10.0. The van der Waals surface area contributed by atoms with Crippen LogP contribution in [-0.2, 0) is 29.8 Å². The summed E-state index contributed by atoms with van der Waals surface area (Å²) in [6.45, 7) is -0.0487. The van der Waals surface area contributed by atoms with E-state index in [9.17, 15) is 16.8 Å². The number of hydrogen-bond acceptors (Lipinski definition) is 6. The molecule has 7 nitrogen and oxygen atoms in total. The summed E-state index contributed by atoms with van der Waals surface area (Å²) in [6.07, 6.45) is 1.44. The van der Waals surface area contributed by atoms with Crippen molar-refractivity contribution >= 4 is 21.4 Å². The summed E-state index contributed by atoms with van der Waals surface area (Å²) in [5, 5.41) is 0. The summed E-state index contributed by atoms with van der Waals surface area (Å²) < 4.78 is 56.3. The third-order valence-electron chi connectivity index (χ3n) is 1.22. The summed E-state index contributed by atoms with van der Waals surface area (Å²) in [5.41, 5.74) is 0. The third-order valence-corrected chi connectivity index (χ3v) is 2.08. The maximum Gasteiger partial charge on any atom is 0.397 e. The van der Waals surface area contributed by atoms with Gasteiger partial charge in [-0.15, -0.1) is 0 Å². The summed E-state index contributed by atoms with van der Waals surface area (Å²) in [6, 6.07) is 0. The Kier molecular flexibility index (Phi) is 7.01. The Hall–Kier alpha value is -0.220. The normalized spacial score (nSPS) is 12.1. The van der Waals surface area contributed by atoms with Crippen LogP contribution in [0, 0.1) is 0 Å². The van der Waals surface area contributed by atoms with Gasteiger partial charge in [-0.2, -0.15) is 8.42 Å². The molecule has 86 valence electrons. The minimum absolute atomic E-state index is 0.0740. The van der Waals surface area contributed by atoms with Crippen molar-refractivity contribution < 1.29 is 29.8 Å². The Morgan fingerprint density at radius 3 is 2.14 bits per heavy atom. The van der Waals surface area contributed by atoms with Gasteiger partial charge in [0, 0.05) is 0 Å². The molecule has 0 radical (unpaired) electrons. The molecule has 0 unspecified atom stereocenters.